The van der Waals surface area contributed by atoms with E-state index in [1.54, 1.807) is 0 Å². The van der Waals surface area contributed by atoms with Crippen LogP contribution in [-0.4, -0.2) is 76.1 Å². The Morgan fingerprint density at radius 1 is 1.16 bits per heavy atom. The Labute approximate surface area is 154 Å². The third-order valence-corrected chi connectivity index (χ3v) is 4.57. The number of nitrogens with one attached hydrogen (secondary N) is 2. The number of ether oxygens (including phenoxy) is 2. The summed E-state index contributed by atoms with van der Waals surface area (Å²) in [6.07, 6.45) is 3.24. The van der Waals surface area contributed by atoms with Crippen molar-refractivity contribution in [1.82, 2.24) is 15.5 Å². The average Bonchev–Trinajstić information content (AvgIpc) is 3.08. The van der Waals surface area contributed by atoms with E-state index in [2.05, 4.69) is 48.2 Å². The van der Waals surface area contributed by atoms with Crippen LogP contribution in [0.1, 0.15) is 47.0 Å². The van der Waals surface area contributed by atoms with E-state index < -0.39 is 0 Å². The summed E-state index contributed by atoms with van der Waals surface area (Å²) in [5.41, 5.74) is 0. The zero-order valence-electron chi connectivity index (χ0n) is 17.0. The lowest BCUT2D eigenvalue weighted by molar-refractivity contribution is 0.0888. The summed E-state index contributed by atoms with van der Waals surface area (Å²) in [5, 5.41) is 6.75. The minimum Gasteiger partial charge on any atom is -0.381 e. The normalized spacial score (nSPS) is 18.6. The van der Waals surface area contributed by atoms with E-state index in [1.807, 2.05) is 7.05 Å². The van der Waals surface area contributed by atoms with E-state index in [4.69, 9.17) is 9.47 Å². The molecule has 1 aliphatic heterocycles. The predicted molar refractivity (Wildman–Crippen MR) is 105 cm³/mol. The Kier molecular flexibility index (Phi) is 11.9. The van der Waals surface area contributed by atoms with Crippen LogP contribution in [0.25, 0.3) is 0 Å². The minimum atomic E-state index is 0.591. The third kappa shape index (κ3) is 10.0. The van der Waals surface area contributed by atoms with Gasteiger partial charge in [0.2, 0.25) is 0 Å². The Hall–Kier alpha value is -0.850. The molecule has 0 saturated carbocycles. The van der Waals surface area contributed by atoms with Crippen molar-refractivity contribution in [2.45, 2.75) is 59.0 Å². The van der Waals surface area contributed by atoms with Gasteiger partial charge in [0, 0.05) is 57.9 Å². The Balaban J connectivity index is 2.02. The van der Waals surface area contributed by atoms with Gasteiger partial charge in [0.25, 0.3) is 0 Å². The summed E-state index contributed by atoms with van der Waals surface area (Å²) in [6.45, 7) is 15.3. The molecule has 0 aromatic carbocycles. The summed E-state index contributed by atoms with van der Waals surface area (Å²) < 4.78 is 11.1. The van der Waals surface area contributed by atoms with Gasteiger partial charge in [0.15, 0.2) is 5.96 Å². The molecule has 1 saturated heterocycles. The van der Waals surface area contributed by atoms with Crippen molar-refractivity contribution in [2.24, 2.45) is 10.9 Å². The first-order chi connectivity index (χ1) is 12.0. The highest BCUT2D eigenvalue weighted by molar-refractivity contribution is 5.79. The van der Waals surface area contributed by atoms with E-state index in [-0.39, 0.29) is 0 Å². The maximum atomic E-state index is 5.72. The van der Waals surface area contributed by atoms with Crippen molar-refractivity contribution in [1.29, 1.82) is 0 Å². The molecule has 1 atom stereocenters. The second kappa shape index (κ2) is 13.4. The van der Waals surface area contributed by atoms with Crippen LogP contribution in [0.4, 0.5) is 0 Å². The molecule has 25 heavy (non-hydrogen) atoms. The van der Waals surface area contributed by atoms with E-state index in [9.17, 15) is 0 Å². The van der Waals surface area contributed by atoms with Gasteiger partial charge >= 0.3 is 0 Å². The maximum Gasteiger partial charge on any atom is 0.190 e. The molecular formula is C19H40N4O2. The molecule has 2 N–H and O–H groups in total. The van der Waals surface area contributed by atoms with Crippen LogP contribution in [0.3, 0.4) is 0 Å². The lowest BCUT2D eigenvalue weighted by atomic mass is 10.1. The van der Waals surface area contributed by atoms with Crippen LogP contribution in [0.15, 0.2) is 4.99 Å². The zero-order chi connectivity index (χ0) is 18.5. The van der Waals surface area contributed by atoms with Gasteiger partial charge in [-0.05, 0) is 47.0 Å². The first-order valence-electron chi connectivity index (χ1n) is 9.90. The molecule has 1 aliphatic rings. The second-order valence-corrected chi connectivity index (χ2v) is 7.36. The van der Waals surface area contributed by atoms with E-state index in [0.717, 1.165) is 71.3 Å². The van der Waals surface area contributed by atoms with Crippen molar-refractivity contribution < 1.29 is 9.47 Å². The van der Waals surface area contributed by atoms with Crippen molar-refractivity contribution >= 4 is 5.96 Å². The highest BCUT2D eigenvalue weighted by atomic mass is 16.5. The molecule has 6 heteroatoms. The molecule has 1 rings (SSSR count). The first-order valence-corrected chi connectivity index (χ1v) is 9.90. The monoisotopic (exact) mass is 356 g/mol. The molecule has 1 heterocycles. The first kappa shape index (κ1) is 22.2. The van der Waals surface area contributed by atoms with Crippen LogP contribution < -0.4 is 10.6 Å². The second-order valence-electron chi connectivity index (χ2n) is 7.36. The van der Waals surface area contributed by atoms with Gasteiger partial charge in [-0.15, -0.1) is 0 Å². The van der Waals surface area contributed by atoms with Crippen molar-refractivity contribution in [3.8, 4) is 0 Å². The minimum absolute atomic E-state index is 0.591. The van der Waals surface area contributed by atoms with Gasteiger partial charge in [-0.3, -0.25) is 9.89 Å². The molecule has 0 aromatic rings. The van der Waals surface area contributed by atoms with Crippen LogP contribution in [-0.2, 0) is 9.47 Å². The Morgan fingerprint density at radius 3 is 2.40 bits per heavy atom. The average molecular weight is 357 g/mol. The fraction of sp³-hybridized carbons (Fsp3) is 0.947. The molecule has 0 aliphatic carbocycles. The van der Waals surface area contributed by atoms with E-state index in [1.165, 1.54) is 0 Å². The largest absolute Gasteiger partial charge is 0.381 e. The van der Waals surface area contributed by atoms with Gasteiger partial charge < -0.3 is 20.1 Å². The third-order valence-electron chi connectivity index (χ3n) is 4.57. The number of hydrogen-bond acceptors (Lipinski definition) is 4. The van der Waals surface area contributed by atoms with Gasteiger partial charge in [-0.1, -0.05) is 0 Å². The highest BCUT2D eigenvalue weighted by Gasteiger charge is 2.15. The molecule has 0 spiro atoms. The number of nitrogens with zero attached hydrogens (tertiary/aromatic N) is 2. The Bertz CT molecular complexity index is 347. The molecule has 0 bridgehead atoms. The highest BCUT2D eigenvalue weighted by Crippen LogP contribution is 2.12. The molecule has 0 aromatic heterocycles. The SMILES string of the molecule is CN=C(NCCCOCC1CCOC1)NCCCN(C(C)C)C(C)C. The molecule has 0 radical (unpaired) electrons. The van der Waals surface area contributed by atoms with Gasteiger partial charge in [-0.2, -0.15) is 0 Å². The summed E-state index contributed by atoms with van der Waals surface area (Å²) in [7, 11) is 1.82. The van der Waals surface area contributed by atoms with E-state index in [0.29, 0.717) is 18.0 Å². The summed E-state index contributed by atoms with van der Waals surface area (Å²) in [6, 6.07) is 1.18. The molecule has 1 fully saturated rings. The molecular weight excluding hydrogens is 316 g/mol. The summed E-state index contributed by atoms with van der Waals surface area (Å²) >= 11 is 0. The van der Waals surface area contributed by atoms with Gasteiger partial charge in [0.05, 0.1) is 13.2 Å². The zero-order valence-corrected chi connectivity index (χ0v) is 17.0. The van der Waals surface area contributed by atoms with Crippen molar-refractivity contribution in [3.63, 3.8) is 0 Å². The predicted octanol–water partition coefficient (Wildman–Crippen LogP) is 2.10. The molecule has 6 nitrogen and oxygen atoms in total. The topological polar surface area (TPSA) is 58.1 Å². The van der Waals surface area contributed by atoms with Crippen molar-refractivity contribution in [2.75, 3.05) is 53.1 Å². The number of guanidine groups is 1. The number of hydrogen-bond donors (Lipinski definition) is 2. The maximum absolute atomic E-state index is 5.72. The van der Waals surface area contributed by atoms with Crippen LogP contribution in [0, 0.1) is 5.92 Å². The van der Waals surface area contributed by atoms with E-state index >= 15 is 0 Å². The molecule has 148 valence electrons. The lowest BCUT2D eigenvalue weighted by Crippen LogP contribution is -2.41. The lowest BCUT2D eigenvalue weighted by Gasteiger charge is -2.30. The summed E-state index contributed by atoms with van der Waals surface area (Å²) in [5.74, 6) is 1.48. The fourth-order valence-electron chi connectivity index (χ4n) is 3.15. The quantitative estimate of drug-likeness (QED) is 0.319. The fourth-order valence-corrected chi connectivity index (χ4v) is 3.15. The standard InChI is InChI=1S/C19H40N4O2/c1-16(2)23(17(3)4)11-6-9-21-19(20-5)22-10-7-12-24-14-18-8-13-25-15-18/h16-18H,6-15H2,1-5H3,(H2,20,21,22). The van der Waals surface area contributed by atoms with Crippen molar-refractivity contribution in [3.05, 3.63) is 0 Å². The van der Waals surface area contributed by atoms with Crippen LogP contribution >= 0.6 is 0 Å². The van der Waals surface area contributed by atoms with Gasteiger partial charge in [-0.25, -0.2) is 0 Å². The number of aliphatic imine (C=N–C) groups is 1. The smallest absolute Gasteiger partial charge is 0.190 e. The molecule has 0 amide bonds. The molecule has 1 unspecified atom stereocenters. The number of rotatable bonds is 12. The van der Waals surface area contributed by atoms with Crippen LogP contribution in [0.2, 0.25) is 0 Å². The van der Waals surface area contributed by atoms with Crippen LogP contribution in [0.5, 0.6) is 0 Å². The Morgan fingerprint density at radius 2 is 1.84 bits per heavy atom. The summed E-state index contributed by atoms with van der Waals surface area (Å²) in [4.78, 5) is 6.80. The van der Waals surface area contributed by atoms with Gasteiger partial charge in [0.1, 0.15) is 0 Å².